The van der Waals surface area contributed by atoms with Gasteiger partial charge in [0.05, 0.1) is 16.7 Å². The summed E-state index contributed by atoms with van der Waals surface area (Å²) in [6.07, 6.45) is 0.873. The third-order valence-electron chi connectivity index (χ3n) is 3.32. The number of hydrogen-bond donors (Lipinski definition) is 2. The van der Waals surface area contributed by atoms with Gasteiger partial charge in [0.2, 0.25) is 0 Å². The zero-order valence-electron chi connectivity index (χ0n) is 10.7. The van der Waals surface area contributed by atoms with Gasteiger partial charge in [0.15, 0.2) is 0 Å². The maximum absolute atomic E-state index is 12.2. The quantitative estimate of drug-likeness (QED) is 0.689. The number of rotatable bonds is 2. The van der Waals surface area contributed by atoms with Gasteiger partial charge in [0.25, 0.3) is 0 Å². The van der Waals surface area contributed by atoms with E-state index in [1.807, 2.05) is 36.4 Å². The monoisotopic (exact) mass is 253 g/mol. The van der Waals surface area contributed by atoms with Crippen LogP contribution in [0.4, 0.5) is 5.69 Å². The van der Waals surface area contributed by atoms with E-state index in [1.54, 1.807) is 10.6 Å². The first-order valence-corrected chi connectivity index (χ1v) is 6.29. The summed E-state index contributed by atoms with van der Waals surface area (Å²) in [6.45, 7) is 2.08. The summed E-state index contributed by atoms with van der Waals surface area (Å²) in [5.74, 6) is 0. The van der Waals surface area contributed by atoms with Gasteiger partial charge in [0.1, 0.15) is 0 Å². The van der Waals surface area contributed by atoms with E-state index in [1.165, 1.54) is 0 Å². The van der Waals surface area contributed by atoms with Crippen molar-refractivity contribution in [2.45, 2.75) is 13.3 Å². The molecule has 96 valence electrons. The van der Waals surface area contributed by atoms with Crippen molar-refractivity contribution in [3.8, 4) is 5.69 Å². The molecular formula is C15H15N3O. The van der Waals surface area contributed by atoms with Crippen LogP contribution in [0.3, 0.4) is 0 Å². The Balaban J connectivity index is 2.39. The van der Waals surface area contributed by atoms with Crippen LogP contribution >= 0.6 is 0 Å². The van der Waals surface area contributed by atoms with E-state index in [0.717, 1.165) is 28.7 Å². The number of fused-ring (bicyclic) bond motifs is 1. The number of nitrogens with zero attached hydrogens (tertiary/aromatic N) is 1. The van der Waals surface area contributed by atoms with Crippen LogP contribution in [0.2, 0.25) is 0 Å². The van der Waals surface area contributed by atoms with Gasteiger partial charge in [-0.05, 0) is 36.2 Å². The van der Waals surface area contributed by atoms with Crippen molar-refractivity contribution in [1.82, 2.24) is 9.55 Å². The Morgan fingerprint density at radius 2 is 2.00 bits per heavy atom. The number of para-hydroxylation sites is 1. The predicted molar refractivity (Wildman–Crippen MR) is 77.7 cm³/mol. The van der Waals surface area contributed by atoms with Crippen molar-refractivity contribution in [3.05, 3.63) is 58.5 Å². The summed E-state index contributed by atoms with van der Waals surface area (Å²) in [5, 5.41) is 0. The largest absolute Gasteiger partial charge is 0.399 e. The fourth-order valence-corrected chi connectivity index (χ4v) is 2.39. The number of imidazole rings is 1. The molecule has 0 amide bonds. The van der Waals surface area contributed by atoms with Gasteiger partial charge in [-0.25, -0.2) is 4.79 Å². The minimum atomic E-state index is -0.137. The Labute approximate surface area is 110 Å². The van der Waals surface area contributed by atoms with Crippen LogP contribution in [0.5, 0.6) is 0 Å². The lowest BCUT2D eigenvalue weighted by atomic mass is 10.1. The molecule has 19 heavy (non-hydrogen) atoms. The molecule has 3 aromatic rings. The second-order valence-corrected chi connectivity index (χ2v) is 4.52. The first-order valence-electron chi connectivity index (χ1n) is 6.29. The molecule has 2 aromatic carbocycles. The molecule has 0 saturated heterocycles. The summed E-state index contributed by atoms with van der Waals surface area (Å²) in [4.78, 5) is 15.0. The number of benzene rings is 2. The van der Waals surface area contributed by atoms with Crippen LogP contribution in [0, 0.1) is 0 Å². The van der Waals surface area contributed by atoms with Crippen molar-refractivity contribution in [1.29, 1.82) is 0 Å². The molecule has 0 aliphatic carbocycles. The second-order valence-electron chi connectivity index (χ2n) is 4.52. The Morgan fingerprint density at radius 3 is 2.79 bits per heavy atom. The van der Waals surface area contributed by atoms with Crippen molar-refractivity contribution >= 4 is 16.7 Å². The van der Waals surface area contributed by atoms with E-state index in [0.29, 0.717) is 5.69 Å². The molecule has 0 atom stereocenters. The van der Waals surface area contributed by atoms with Crippen molar-refractivity contribution in [2.24, 2.45) is 0 Å². The predicted octanol–water partition coefficient (Wildman–Crippen LogP) is 2.46. The molecule has 1 heterocycles. The maximum atomic E-state index is 12.2. The summed E-state index contributed by atoms with van der Waals surface area (Å²) in [7, 11) is 0. The molecule has 3 rings (SSSR count). The molecule has 0 aliphatic rings. The molecule has 0 saturated carbocycles. The molecular weight excluding hydrogens is 238 g/mol. The molecule has 1 aromatic heterocycles. The number of hydrogen-bond acceptors (Lipinski definition) is 2. The van der Waals surface area contributed by atoms with E-state index < -0.39 is 0 Å². The number of H-pyrrole nitrogens is 1. The zero-order valence-corrected chi connectivity index (χ0v) is 10.7. The number of nitrogens with two attached hydrogens (primary N) is 1. The van der Waals surface area contributed by atoms with Crippen LogP contribution in [0.1, 0.15) is 12.5 Å². The van der Waals surface area contributed by atoms with Crippen LogP contribution in [-0.2, 0) is 6.42 Å². The minimum Gasteiger partial charge on any atom is -0.399 e. The number of aryl methyl sites for hydroxylation is 1. The van der Waals surface area contributed by atoms with E-state index in [4.69, 9.17) is 5.73 Å². The average Bonchev–Trinajstić information content (AvgIpc) is 2.74. The van der Waals surface area contributed by atoms with Gasteiger partial charge < -0.3 is 10.7 Å². The maximum Gasteiger partial charge on any atom is 0.331 e. The number of aromatic nitrogens is 2. The fourth-order valence-electron chi connectivity index (χ4n) is 2.39. The number of nitrogens with one attached hydrogen (secondary N) is 1. The summed E-state index contributed by atoms with van der Waals surface area (Å²) < 4.78 is 1.69. The molecule has 0 aliphatic heterocycles. The van der Waals surface area contributed by atoms with E-state index in [9.17, 15) is 4.79 Å². The Morgan fingerprint density at radius 1 is 1.21 bits per heavy atom. The van der Waals surface area contributed by atoms with Crippen molar-refractivity contribution < 1.29 is 0 Å². The molecule has 0 spiro atoms. The van der Waals surface area contributed by atoms with Crippen molar-refractivity contribution in [2.75, 3.05) is 5.73 Å². The van der Waals surface area contributed by atoms with Crippen LogP contribution in [-0.4, -0.2) is 9.55 Å². The second kappa shape index (κ2) is 4.31. The standard InChI is InChI=1S/C15H15N3O/c1-2-10-5-3-4-6-13(10)18-14-9-11(16)7-8-12(14)17-15(18)19/h3-9H,2,16H2,1H3,(H,17,19). The normalized spacial score (nSPS) is 11.0. The van der Waals surface area contributed by atoms with Gasteiger partial charge in [0, 0.05) is 5.69 Å². The van der Waals surface area contributed by atoms with Gasteiger partial charge in [-0.15, -0.1) is 0 Å². The first kappa shape index (κ1) is 11.6. The van der Waals surface area contributed by atoms with Crippen LogP contribution in [0.15, 0.2) is 47.3 Å². The van der Waals surface area contributed by atoms with E-state index in [2.05, 4.69) is 11.9 Å². The number of anilines is 1. The molecule has 0 bridgehead atoms. The van der Waals surface area contributed by atoms with Crippen molar-refractivity contribution in [3.63, 3.8) is 0 Å². The van der Waals surface area contributed by atoms with Gasteiger partial charge >= 0.3 is 5.69 Å². The summed E-state index contributed by atoms with van der Waals surface area (Å²) >= 11 is 0. The lowest BCUT2D eigenvalue weighted by Crippen LogP contribution is -2.16. The summed E-state index contributed by atoms with van der Waals surface area (Å²) in [6, 6.07) is 13.3. The highest BCUT2D eigenvalue weighted by Gasteiger charge is 2.11. The zero-order chi connectivity index (χ0) is 13.4. The lowest BCUT2D eigenvalue weighted by Gasteiger charge is -2.09. The molecule has 0 fully saturated rings. The van der Waals surface area contributed by atoms with Gasteiger partial charge in [-0.2, -0.15) is 0 Å². The SMILES string of the molecule is CCc1ccccc1-n1c(=O)[nH]c2ccc(N)cc21. The highest BCUT2D eigenvalue weighted by Crippen LogP contribution is 2.20. The van der Waals surface area contributed by atoms with Gasteiger partial charge in [-0.3, -0.25) is 4.57 Å². The topological polar surface area (TPSA) is 63.8 Å². The number of nitrogen functional groups attached to an aromatic ring is 1. The molecule has 4 heteroatoms. The highest BCUT2D eigenvalue weighted by molar-refractivity contribution is 5.81. The van der Waals surface area contributed by atoms with Gasteiger partial charge in [-0.1, -0.05) is 25.1 Å². The molecule has 0 radical (unpaired) electrons. The van der Waals surface area contributed by atoms with Crippen LogP contribution in [0.25, 0.3) is 16.7 Å². The average molecular weight is 253 g/mol. The minimum absolute atomic E-state index is 0.137. The molecule has 3 N–H and O–H groups in total. The Bertz CT molecular complexity index is 799. The first-order chi connectivity index (χ1) is 9.20. The molecule has 4 nitrogen and oxygen atoms in total. The lowest BCUT2D eigenvalue weighted by molar-refractivity contribution is 0.979. The Kier molecular flexibility index (Phi) is 2.63. The third-order valence-corrected chi connectivity index (χ3v) is 3.32. The highest BCUT2D eigenvalue weighted by atomic mass is 16.1. The molecule has 0 unspecified atom stereocenters. The smallest absolute Gasteiger partial charge is 0.331 e. The number of aromatic amines is 1. The summed E-state index contributed by atoms with van der Waals surface area (Å²) in [5.41, 5.74) is 9.98. The fraction of sp³-hybridized carbons (Fsp3) is 0.133. The Hall–Kier alpha value is -2.49. The van der Waals surface area contributed by atoms with E-state index >= 15 is 0 Å². The van der Waals surface area contributed by atoms with Crippen LogP contribution < -0.4 is 11.4 Å². The van der Waals surface area contributed by atoms with E-state index in [-0.39, 0.29) is 5.69 Å². The third kappa shape index (κ3) is 1.81.